The van der Waals surface area contributed by atoms with E-state index in [1.165, 1.54) is 17.5 Å². The first kappa shape index (κ1) is 24.7. The van der Waals surface area contributed by atoms with Crippen LogP contribution in [0.2, 0.25) is 0 Å². The zero-order valence-electron chi connectivity index (χ0n) is 16.6. The van der Waals surface area contributed by atoms with Crippen molar-refractivity contribution in [2.24, 2.45) is 0 Å². The topological polar surface area (TPSA) is 108 Å². The molecule has 11 heteroatoms. The van der Waals surface area contributed by atoms with Gasteiger partial charge in [0.2, 0.25) is 0 Å². The highest BCUT2D eigenvalue weighted by Crippen LogP contribution is 2.36. The Hall–Kier alpha value is -3.60. The molecule has 0 saturated carbocycles. The number of carbonyl (C=O) groups excluding carboxylic acids is 1. The monoisotopic (exact) mass is 456 g/mol. The molecule has 0 aromatic heterocycles. The van der Waals surface area contributed by atoms with Gasteiger partial charge in [-0.2, -0.15) is 13.2 Å². The normalized spacial score (nSPS) is 12.0. The quantitative estimate of drug-likeness (QED) is 0.430. The Bertz CT molecular complexity index is 980. The summed E-state index contributed by atoms with van der Waals surface area (Å²) in [7, 11) is 0. The summed E-state index contributed by atoms with van der Waals surface area (Å²) in [6.45, 7) is 2.68. The predicted molar refractivity (Wildman–Crippen MR) is 108 cm³/mol. The summed E-state index contributed by atoms with van der Waals surface area (Å²) in [5.41, 5.74) is -0.411. The van der Waals surface area contributed by atoms with Gasteiger partial charge >= 0.3 is 18.2 Å². The van der Waals surface area contributed by atoms with Gasteiger partial charge in [0.05, 0.1) is 12.6 Å². The fraction of sp³-hybridized carbons (Fsp3) is 0.238. The van der Waals surface area contributed by atoms with Crippen LogP contribution in [-0.4, -0.2) is 41.0 Å². The number of hydrogen-bond acceptors (Lipinski definition) is 4. The lowest BCUT2D eigenvalue weighted by Crippen LogP contribution is -2.38. The lowest BCUT2D eigenvalue weighted by Gasteiger charge is -2.21. The number of amides is 2. The van der Waals surface area contributed by atoms with E-state index in [2.05, 4.69) is 6.58 Å². The summed E-state index contributed by atoms with van der Waals surface area (Å²) in [6.07, 6.45) is -6.01. The van der Waals surface area contributed by atoms with Gasteiger partial charge in [0.15, 0.2) is 5.82 Å². The summed E-state index contributed by atoms with van der Waals surface area (Å²) < 4.78 is 59.2. The molecule has 4 N–H and O–H groups in total. The smallest absolute Gasteiger partial charge is 0.471 e. The van der Waals surface area contributed by atoms with E-state index in [-0.39, 0.29) is 23.5 Å². The Morgan fingerprint density at radius 3 is 2.41 bits per heavy atom. The van der Waals surface area contributed by atoms with E-state index < -0.39 is 48.8 Å². The second-order valence-electron chi connectivity index (χ2n) is 6.59. The van der Waals surface area contributed by atoms with Crippen molar-refractivity contribution in [3.05, 3.63) is 65.5 Å². The summed E-state index contributed by atoms with van der Waals surface area (Å²) in [4.78, 5) is 22.4. The average Bonchev–Trinajstić information content (AvgIpc) is 2.74. The zero-order chi connectivity index (χ0) is 23.9. The molecule has 0 unspecified atom stereocenters. The predicted octanol–water partition coefficient (Wildman–Crippen LogP) is 3.72. The molecule has 172 valence electrons. The Labute approximate surface area is 180 Å². The van der Waals surface area contributed by atoms with Crippen LogP contribution in [0.4, 0.5) is 28.0 Å². The fourth-order valence-electron chi connectivity index (χ4n) is 2.81. The molecule has 1 atom stereocenters. The SMILES string of the molecule is C=Cc1cc(OCc2ccccc2)c(NC(=O)C(F)(F)F)c(F)c1C[C@@H](CO)NC(=O)O. The number of nitrogens with one attached hydrogen (secondary N) is 2. The van der Waals surface area contributed by atoms with Crippen molar-refractivity contribution < 1.29 is 42.1 Å². The third-order valence-corrected chi connectivity index (χ3v) is 4.32. The molecule has 0 aliphatic heterocycles. The summed E-state index contributed by atoms with van der Waals surface area (Å²) in [5, 5.41) is 21.6. The molecule has 0 aliphatic carbocycles. The molecule has 0 bridgehead atoms. The summed E-state index contributed by atoms with van der Waals surface area (Å²) in [5.74, 6) is -4.07. The molecule has 0 saturated heterocycles. The lowest BCUT2D eigenvalue weighted by atomic mass is 9.98. The number of aliphatic hydroxyl groups excluding tert-OH is 1. The van der Waals surface area contributed by atoms with Gasteiger partial charge in [-0.1, -0.05) is 43.0 Å². The number of hydrogen-bond donors (Lipinski definition) is 4. The number of rotatable bonds is 9. The van der Waals surface area contributed by atoms with Crippen molar-refractivity contribution in [3.8, 4) is 5.75 Å². The number of aliphatic hydroxyl groups is 1. The van der Waals surface area contributed by atoms with E-state index in [9.17, 15) is 27.9 Å². The van der Waals surface area contributed by atoms with Crippen molar-refractivity contribution in [3.63, 3.8) is 0 Å². The minimum Gasteiger partial charge on any atom is -0.487 e. The summed E-state index contributed by atoms with van der Waals surface area (Å²) in [6, 6.07) is 8.51. The van der Waals surface area contributed by atoms with Crippen LogP contribution >= 0.6 is 0 Å². The highest BCUT2D eigenvalue weighted by molar-refractivity contribution is 5.96. The Kier molecular flexibility index (Phi) is 8.19. The number of alkyl halides is 3. The second kappa shape index (κ2) is 10.6. The van der Waals surface area contributed by atoms with Gasteiger partial charge in [0.25, 0.3) is 0 Å². The standard InChI is InChI=1S/C21H20F4N2O5/c1-2-13-8-16(32-11-12-6-4-3-5-7-12)18(27-19(29)21(23,24)25)17(22)15(13)9-14(10-28)26-20(30)31/h2-8,14,26,28H,1,9-11H2,(H,27,29)(H,30,31)/t14-/m0/s1. The second-order valence-corrected chi connectivity index (χ2v) is 6.59. The van der Waals surface area contributed by atoms with E-state index in [4.69, 9.17) is 9.84 Å². The van der Waals surface area contributed by atoms with Crippen LogP contribution < -0.4 is 15.4 Å². The van der Waals surface area contributed by atoms with Gasteiger partial charge in [-0.3, -0.25) is 4.79 Å². The number of ether oxygens (including phenoxy) is 1. The van der Waals surface area contributed by atoms with E-state index in [0.29, 0.717) is 5.56 Å². The van der Waals surface area contributed by atoms with Crippen molar-refractivity contribution >= 4 is 23.8 Å². The largest absolute Gasteiger partial charge is 0.487 e. The number of carboxylic acid groups (broad SMARTS) is 1. The van der Waals surface area contributed by atoms with Gasteiger partial charge in [-0.05, 0) is 29.2 Å². The van der Waals surface area contributed by atoms with E-state index in [0.717, 1.165) is 0 Å². The highest BCUT2D eigenvalue weighted by Gasteiger charge is 2.40. The summed E-state index contributed by atoms with van der Waals surface area (Å²) >= 11 is 0. The van der Waals surface area contributed by atoms with Crippen LogP contribution in [-0.2, 0) is 17.8 Å². The molecule has 0 heterocycles. The van der Waals surface area contributed by atoms with Gasteiger partial charge in [-0.15, -0.1) is 0 Å². The maximum absolute atomic E-state index is 15.3. The van der Waals surface area contributed by atoms with Crippen LogP contribution in [0.1, 0.15) is 16.7 Å². The van der Waals surface area contributed by atoms with Crippen LogP contribution in [0.3, 0.4) is 0 Å². The number of anilines is 1. The Balaban J connectivity index is 2.51. The Morgan fingerprint density at radius 1 is 1.22 bits per heavy atom. The molecule has 0 fully saturated rings. The van der Waals surface area contributed by atoms with E-state index in [1.54, 1.807) is 30.3 Å². The third kappa shape index (κ3) is 6.45. The number of benzene rings is 2. The first-order valence-corrected chi connectivity index (χ1v) is 9.19. The third-order valence-electron chi connectivity index (χ3n) is 4.32. The van der Waals surface area contributed by atoms with Crippen molar-refractivity contribution in [1.29, 1.82) is 0 Å². The van der Waals surface area contributed by atoms with Crippen LogP contribution in [0.5, 0.6) is 5.75 Å². The van der Waals surface area contributed by atoms with Gasteiger partial charge in [-0.25, -0.2) is 9.18 Å². The average molecular weight is 456 g/mol. The van der Waals surface area contributed by atoms with Crippen LogP contribution in [0, 0.1) is 5.82 Å². The molecule has 2 aromatic rings. The molecular weight excluding hydrogens is 436 g/mol. The number of carbonyl (C=O) groups is 2. The van der Waals surface area contributed by atoms with E-state index >= 15 is 4.39 Å². The van der Waals surface area contributed by atoms with Crippen LogP contribution in [0.25, 0.3) is 6.08 Å². The molecule has 0 spiro atoms. The van der Waals surface area contributed by atoms with E-state index in [1.807, 2.05) is 5.32 Å². The van der Waals surface area contributed by atoms with Crippen molar-refractivity contribution in [1.82, 2.24) is 5.32 Å². The Morgan fingerprint density at radius 2 is 1.88 bits per heavy atom. The molecule has 0 radical (unpaired) electrons. The number of halogens is 4. The maximum Gasteiger partial charge on any atom is 0.471 e. The van der Waals surface area contributed by atoms with Crippen LogP contribution in [0.15, 0.2) is 43.0 Å². The minimum atomic E-state index is -5.29. The maximum atomic E-state index is 15.3. The fourth-order valence-corrected chi connectivity index (χ4v) is 2.81. The van der Waals surface area contributed by atoms with Crippen molar-refractivity contribution in [2.45, 2.75) is 25.2 Å². The lowest BCUT2D eigenvalue weighted by molar-refractivity contribution is -0.167. The van der Waals surface area contributed by atoms with Gasteiger partial charge in [0, 0.05) is 0 Å². The first-order valence-electron chi connectivity index (χ1n) is 9.19. The molecule has 2 aromatic carbocycles. The van der Waals surface area contributed by atoms with Gasteiger partial charge in [0.1, 0.15) is 18.0 Å². The highest BCUT2D eigenvalue weighted by atomic mass is 19.4. The molecule has 0 aliphatic rings. The molecular formula is C21H20F4N2O5. The van der Waals surface area contributed by atoms with Crippen molar-refractivity contribution in [2.75, 3.05) is 11.9 Å². The zero-order valence-corrected chi connectivity index (χ0v) is 16.6. The molecule has 2 amide bonds. The molecule has 32 heavy (non-hydrogen) atoms. The first-order chi connectivity index (χ1) is 15.1. The molecule has 7 nitrogen and oxygen atoms in total. The van der Waals surface area contributed by atoms with Gasteiger partial charge < -0.3 is 25.6 Å². The molecule has 2 rings (SSSR count). The minimum absolute atomic E-state index is 0.0845.